The van der Waals surface area contributed by atoms with E-state index in [-0.39, 0.29) is 17.2 Å². The van der Waals surface area contributed by atoms with E-state index in [2.05, 4.69) is 44.6 Å². The van der Waals surface area contributed by atoms with E-state index in [1.807, 2.05) is 7.05 Å². The van der Waals surface area contributed by atoms with Gasteiger partial charge in [0.25, 0.3) is 0 Å². The summed E-state index contributed by atoms with van der Waals surface area (Å²) in [5, 5.41) is 6.44. The Kier molecular flexibility index (Phi) is 10.6. The number of hydrogen-bond acceptors (Lipinski definition) is 8. The summed E-state index contributed by atoms with van der Waals surface area (Å²) >= 11 is 5.93. The molecule has 10 heteroatoms. The number of ether oxygens (including phenoxy) is 1. The Hall–Kier alpha value is -3.14. The Morgan fingerprint density at radius 3 is 2.70 bits per heavy atom. The molecule has 2 N–H and O–H groups in total. The largest absolute Gasteiger partial charge is 0.491 e. The first kappa shape index (κ1) is 26.1. The van der Waals surface area contributed by atoms with Crippen molar-refractivity contribution in [1.29, 1.82) is 0 Å². The molecule has 1 aromatic carbocycles. The van der Waals surface area contributed by atoms with Crippen molar-refractivity contribution in [2.45, 2.75) is 6.42 Å². The van der Waals surface area contributed by atoms with Gasteiger partial charge in [0, 0.05) is 17.4 Å². The van der Waals surface area contributed by atoms with E-state index in [0.29, 0.717) is 28.3 Å². The number of aldehydes is 1. The summed E-state index contributed by atoms with van der Waals surface area (Å²) < 4.78 is 19.3. The topological polar surface area (TPSA) is 92.3 Å². The van der Waals surface area contributed by atoms with Crippen LogP contribution < -0.4 is 15.4 Å². The van der Waals surface area contributed by atoms with Crippen molar-refractivity contribution in [1.82, 2.24) is 25.2 Å². The number of halogens is 2. The van der Waals surface area contributed by atoms with Crippen LogP contribution in [0.4, 0.5) is 15.9 Å². The first-order valence-corrected chi connectivity index (χ1v) is 10.6. The van der Waals surface area contributed by atoms with Crippen LogP contribution in [0.15, 0.2) is 42.9 Å². The maximum absolute atomic E-state index is 14.1. The van der Waals surface area contributed by atoms with Gasteiger partial charge in [-0.15, -0.1) is 0 Å². The van der Waals surface area contributed by atoms with Gasteiger partial charge in [-0.2, -0.15) is 0 Å². The molecule has 2 heterocycles. The van der Waals surface area contributed by atoms with Gasteiger partial charge in [0.05, 0.1) is 30.1 Å². The van der Waals surface area contributed by atoms with E-state index in [4.69, 9.17) is 16.3 Å². The summed E-state index contributed by atoms with van der Waals surface area (Å²) in [6, 6.07) is 5.73. The summed E-state index contributed by atoms with van der Waals surface area (Å²) in [6.07, 6.45) is 6.26. The molecule has 0 spiro atoms. The summed E-state index contributed by atoms with van der Waals surface area (Å²) in [5.41, 5.74) is 0.988. The molecule has 0 radical (unpaired) electrons. The molecule has 3 rings (SSSR count). The van der Waals surface area contributed by atoms with Crippen molar-refractivity contribution >= 4 is 29.4 Å². The van der Waals surface area contributed by atoms with E-state index >= 15 is 0 Å². The SMILES string of the molecule is CNCCCN(C)C.COc1cnc(-c2cc(Cl)ccc2F)nc1Nc1ccncc1C=O. The summed E-state index contributed by atoms with van der Waals surface area (Å²) in [7, 11) is 7.62. The molecule has 0 saturated heterocycles. The highest BCUT2D eigenvalue weighted by molar-refractivity contribution is 6.30. The first-order valence-electron chi connectivity index (χ1n) is 10.2. The van der Waals surface area contributed by atoms with Crippen molar-refractivity contribution in [3.63, 3.8) is 0 Å². The van der Waals surface area contributed by atoms with E-state index in [1.54, 1.807) is 6.07 Å². The standard InChI is InChI=1S/C17H12ClFN4O2.C6H16N2/c1-25-15-8-21-16(12-6-11(18)2-3-13(12)19)23-17(15)22-14-4-5-20-7-10(14)9-24;1-7-5-4-6-8(2)3/h2-9H,1H3,(H,20,21,22,23);7H,4-6H2,1-3H3. The normalized spacial score (nSPS) is 10.4. The number of rotatable bonds is 9. The Balaban J connectivity index is 0.000000414. The molecule has 33 heavy (non-hydrogen) atoms. The molecule has 0 aliphatic heterocycles. The number of anilines is 2. The minimum atomic E-state index is -0.502. The quantitative estimate of drug-likeness (QED) is 0.354. The molecule has 0 fully saturated rings. The van der Waals surface area contributed by atoms with Gasteiger partial charge in [0.2, 0.25) is 0 Å². The highest BCUT2D eigenvalue weighted by Gasteiger charge is 2.14. The van der Waals surface area contributed by atoms with Crippen molar-refractivity contribution < 1.29 is 13.9 Å². The fraction of sp³-hybridized carbons (Fsp3) is 0.304. The lowest BCUT2D eigenvalue weighted by molar-refractivity contribution is 0.112. The van der Waals surface area contributed by atoms with Gasteiger partial charge < -0.3 is 20.3 Å². The van der Waals surface area contributed by atoms with Crippen LogP contribution in [0, 0.1) is 5.82 Å². The van der Waals surface area contributed by atoms with Crippen LogP contribution in [0.5, 0.6) is 5.75 Å². The number of nitrogens with one attached hydrogen (secondary N) is 2. The van der Waals surface area contributed by atoms with Crippen LogP contribution in [0.2, 0.25) is 5.02 Å². The maximum atomic E-state index is 14.1. The third-order valence-electron chi connectivity index (χ3n) is 4.41. The average Bonchev–Trinajstić information content (AvgIpc) is 2.81. The van der Waals surface area contributed by atoms with Crippen molar-refractivity contribution in [3.8, 4) is 17.1 Å². The Morgan fingerprint density at radius 2 is 2.03 bits per heavy atom. The first-order chi connectivity index (χ1) is 15.9. The zero-order valence-electron chi connectivity index (χ0n) is 19.1. The van der Waals surface area contributed by atoms with Gasteiger partial charge in [-0.1, -0.05) is 11.6 Å². The van der Waals surface area contributed by atoms with Gasteiger partial charge >= 0.3 is 0 Å². The zero-order chi connectivity index (χ0) is 24.2. The second kappa shape index (κ2) is 13.4. The van der Waals surface area contributed by atoms with Crippen LogP contribution in [0.1, 0.15) is 16.8 Å². The smallest absolute Gasteiger partial charge is 0.179 e. The molecule has 8 nitrogen and oxygen atoms in total. The summed E-state index contributed by atoms with van der Waals surface area (Å²) in [6.45, 7) is 2.30. The Morgan fingerprint density at radius 1 is 1.24 bits per heavy atom. The molecule has 3 aromatic rings. The zero-order valence-corrected chi connectivity index (χ0v) is 19.9. The van der Waals surface area contributed by atoms with Crippen molar-refractivity contribution in [2.24, 2.45) is 0 Å². The van der Waals surface area contributed by atoms with Gasteiger partial charge in [-0.25, -0.2) is 14.4 Å². The molecule has 0 bridgehead atoms. The van der Waals surface area contributed by atoms with Crippen molar-refractivity contribution in [2.75, 3.05) is 46.7 Å². The molecule has 176 valence electrons. The van der Waals surface area contributed by atoms with E-state index in [9.17, 15) is 9.18 Å². The Labute approximate surface area is 198 Å². The summed E-state index contributed by atoms with van der Waals surface area (Å²) in [5.74, 6) is 0.240. The number of carbonyl (C=O) groups excluding carboxylic acids is 1. The second-order valence-corrected chi connectivity index (χ2v) is 7.64. The molecule has 0 atom stereocenters. The summed E-state index contributed by atoms with van der Waals surface area (Å²) in [4.78, 5) is 25.6. The highest BCUT2D eigenvalue weighted by atomic mass is 35.5. The molecular weight excluding hydrogens is 447 g/mol. The third-order valence-corrected chi connectivity index (χ3v) is 4.64. The fourth-order valence-corrected chi connectivity index (χ4v) is 2.89. The monoisotopic (exact) mass is 474 g/mol. The minimum Gasteiger partial charge on any atom is -0.491 e. The lowest BCUT2D eigenvalue weighted by Gasteiger charge is -2.12. The molecular formula is C23H28ClFN6O2. The van der Waals surface area contributed by atoms with Crippen LogP contribution in [0.25, 0.3) is 11.4 Å². The Bertz CT molecular complexity index is 1050. The lowest BCUT2D eigenvalue weighted by atomic mass is 10.2. The molecule has 0 amide bonds. The lowest BCUT2D eigenvalue weighted by Crippen LogP contribution is -2.18. The number of hydrogen-bond donors (Lipinski definition) is 2. The number of methoxy groups -OCH3 is 1. The van der Waals surface area contributed by atoms with E-state index in [0.717, 1.165) is 6.54 Å². The number of carbonyl (C=O) groups is 1. The molecule has 0 saturated carbocycles. The van der Waals surface area contributed by atoms with Crippen LogP contribution >= 0.6 is 11.6 Å². The van der Waals surface area contributed by atoms with Crippen LogP contribution in [0.3, 0.4) is 0 Å². The number of benzene rings is 1. The molecule has 0 aliphatic rings. The third kappa shape index (κ3) is 8.05. The fourth-order valence-electron chi connectivity index (χ4n) is 2.72. The number of aromatic nitrogens is 3. The number of pyridine rings is 1. The average molecular weight is 475 g/mol. The van der Waals surface area contributed by atoms with Crippen molar-refractivity contribution in [3.05, 3.63) is 59.3 Å². The minimum absolute atomic E-state index is 0.130. The molecule has 0 unspecified atom stereocenters. The van der Waals surface area contributed by atoms with Gasteiger partial charge in [0.15, 0.2) is 23.7 Å². The highest BCUT2D eigenvalue weighted by Crippen LogP contribution is 2.30. The van der Waals surface area contributed by atoms with Gasteiger partial charge in [0.1, 0.15) is 5.82 Å². The van der Waals surface area contributed by atoms with E-state index in [1.165, 1.54) is 56.9 Å². The predicted octanol–water partition coefficient (Wildman–Crippen LogP) is 4.05. The predicted molar refractivity (Wildman–Crippen MR) is 129 cm³/mol. The van der Waals surface area contributed by atoms with Gasteiger partial charge in [-0.3, -0.25) is 9.78 Å². The molecule has 0 aliphatic carbocycles. The molecule has 2 aromatic heterocycles. The van der Waals surface area contributed by atoms with Crippen LogP contribution in [-0.2, 0) is 0 Å². The second-order valence-electron chi connectivity index (χ2n) is 7.20. The maximum Gasteiger partial charge on any atom is 0.179 e. The van der Waals surface area contributed by atoms with Crippen LogP contribution in [-0.4, -0.2) is 67.5 Å². The van der Waals surface area contributed by atoms with Gasteiger partial charge in [-0.05, 0) is 64.9 Å². The van der Waals surface area contributed by atoms with E-state index < -0.39 is 5.82 Å². The number of nitrogens with zero attached hydrogens (tertiary/aromatic N) is 4.